The summed E-state index contributed by atoms with van der Waals surface area (Å²) < 4.78 is 44.4. The monoisotopic (exact) mass is 428 g/mol. The molecule has 30 heavy (non-hydrogen) atoms. The first-order valence-corrected chi connectivity index (χ1v) is 9.38. The molecule has 8 heteroatoms. The molecule has 2 aromatic carbocycles. The molecule has 4 nitrogen and oxygen atoms in total. The number of thiocarbonyl (C=S) groups is 1. The van der Waals surface area contributed by atoms with Gasteiger partial charge in [-0.25, -0.2) is 0 Å². The van der Waals surface area contributed by atoms with Gasteiger partial charge in [0.1, 0.15) is 17.2 Å². The minimum atomic E-state index is -4.44. The van der Waals surface area contributed by atoms with Crippen LogP contribution in [-0.2, 0) is 17.5 Å². The molecule has 4 rings (SSSR count). The molecule has 1 aromatic heterocycles. The first-order chi connectivity index (χ1) is 14.3. The second kappa shape index (κ2) is 7.79. The highest BCUT2D eigenvalue weighted by molar-refractivity contribution is 7.80. The molecule has 1 aliphatic rings. The van der Waals surface area contributed by atoms with Gasteiger partial charge >= 0.3 is 6.18 Å². The van der Waals surface area contributed by atoms with E-state index in [1.807, 2.05) is 30.3 Å². The van der Waals surface area contributed by atoms with E-state index in [9.17, 15) is 18.0 Å². The lowest BCUT2D eigenvalue weighted by atomic mass is 10.1. The molecule has 0 bridgehead atoms. The zero-order valence-electron chi connectivity index (χ0n) is 15.4. The van der Waals surface area contributed by atoms with E-state index in [-0.39, 0.29) is 22.5 Å². The van der Waals surface area contributed by atoms with Gasteiger partial charge in [0.25, 0.3) is 5.91 Å². The highest BCUT2D eigenvalue weighted by Gasteiger charge is 2.32. The highest BCUT2D eigenvalue weighted by atomic mass is 32.1. The number of alkyl halides is 3. The summed E-state index contributed by atoms with van der Waals surface area (Å²) in [7, 11) is 0. The van der Waals surface area contributed by atoms with Gasteiger partial charge in [-0.05, 0) is 42.0 Å². The standard InChI is InChI=1S/C22H15F3N2O2S/c23-22(24,25)16-8-4-7-15(11-16)19-10-9-17(29-19)12-18-20(28)27(21(30)26-18)13-14-5-2-1-3-6-14/h1-12H,13H2,(H,26,30)/b18-12-. The molecule has 1 fully saturated rings. The van der Waals surface area contributed by atoms with Gasteiger partial charge in [-0.1, -0.05) is 42.5 Å². The number of halogens is 3. The Hall–Kier alpha value is -3.39. The van der Waals surface area contributed by atoms with Crippen LogP contribution in [0, 0.1) is 0 Å². The second-order valence-corrected chi connectivity index (χ2v) is 7.03. The number of furan rings is 1. The van der Waals surface area contributed by atoms with Crippen molar-refractivity contribution in [1.82, 2.24) is 10.2 Å². The van der Waals surface area contributed by atoms with E-state index in [0.717, 1.165) is 17.7 Å². The average Bonchev–Trinajstić information content (AvgIpc) is 3.29. The number of nitrogens with one attached hydrogen (secondary N) is 1. The molecular formula is C22H15F3N2O2S. The predicted octanol–water partition coefficient (Wildman–Crippen LogP) is 5.22. The van der Waals surface area contributed by atoms with Crippen LogP contribution in [0.25, 0.3) is 17.4 Å². The second-order valence-electron chi connectivity index (χ2n) is 6.65. The molecule has 0 unspecified atom stereocenters. The van der Waals surface area contributed by atoms with E-state index in [0.29, 0.717) is 17.9 Å². The number of carbonyl (C=O) groups is 1. The maximum Gasteiger partial charge on any atom is 0.416 e. The largest absolute Gasteiger partial charge is 0.457 e. The Labute approximate surface area is 175 Å². The Morgan fingerprint density at radius 3 is 2.53 bits per heavy atom. The minimum Gasteiger partial charge on any atom is -0.457 e. The molecule has 2 heterocycles. The van der Waals surface area contributed by atoms with Crippen molar-refractivity contribution in [3.63, 3.8) is 0 Å². The zero-order valence-corrected chi connectivity index (χ0v) is 16.3. The SMILES string of the molecule is O=C1/C(=C/c2ccc(-c3cccc(C(F)(F)F)c3)o2)NC(=S)N1Cc1ccccc1. The fourth-order valence-electron chi connectivity index (χ4n) is 3.06. The molecular weight excluding hydrogens is 413 g/mol. The fraction of sp³-hybridized carbons (Fsp3) is 0.0909. The van der Waals surface area contributed by atoms with Gasteiger partial charge in [-0.15, -0.1) is 0 Å². The molecule has 0 atom stereocenters. The summed E-state index contributed by atoms with van der Waals surface area (Å²) in [5, 5.41) is 3.14. The molecule has 152 valence electrons. The van der Waals surface area contributed by atoms with Crippen LogP contribution >= 0.6 is 12.2 Å². The van der Waals surface area contributed by atoms with Crippen molar-refractivity contribution >= 4 is 29.3 Å². The van der Waals surface area contributed by atoms with Gasteiger partial charge in [-0.3, -0.25) is 9.69 Å². The Bertz CT molecular complexity index is 1140. The van der Waals surface area contributed by atoms with Crippen molar-refractivity contribution in [2.75, 3.05) is 0 Å². The summed E-state index contributed by atoms with van der Waals surface area (Å²) >= 11 is 5.26. The predicted molar refractivity (Wildman–Crippen MR) is 110 cm³/mol. The molecule has 1 aliphatic heterocycles. The van der Waals surface area contributed by atoms with Crippen LogP contribution in [0.1, 0.15) is 16.9 Å². The lowest BCUT2D eigenvalue weighted by molar-refractivity contribution is -0.137. The van der Waals surface area contributed by atoms with Crippen LogP contribution in [0.3, 0.4) is 0 Å². The number of hydrogen-bond acceptors (Lipinski definition) is 3. The lowest BCUT2D eigenvalue weighted by Gasteiger charge is -2.13. The zero-order chi connectivity index (χ0) is 21.3. The van der Waals surface area contributed by atoms with E-state index < -0.39 is 11.7 Å². The number of carbonyl (C=O) groups excluding carboxylic acids is 1. The van der Waals surface area contributed by atoms with E-state index in [2.05, 4.69) is 5.32 Å². The number of benzene rings is 2. The van der Waals surface area contributed by atoms with Crippen molar-refractivity contribution in [2.45, 2.75) is 12.7 Å². The van der Waals surface area contributed by atoms with E-state index >= 15 is 0 Å². The van der Waals surface area contributed by atoms with Crippen molar-refractivity contribution in [3.05, 3.63) is 89.3 Å². The third-order valence-corrected chi connectivity index (χ3v) is 4.86. The summed E-state index contributed by atoms with van der Waals surface area (Å²) in [5.74, 6) is 0.283. The summed E-state index contributed by atoms with van der Waals surface area (Å²) in [5.41, 5.74) is 0.703. The molecule has 0 aliphatic carbocycles. The summed E-state index contributed by atoms with van der Waals surface area (Å²) in [6.45, 7) is 0.330. The van der Waals surface area contributed by atoms with Gasteiger partial charge in [0.15, 0.2) is 5.11 Å². The molecule has 1 amide bonds. The molecule has 0 radical (unpaired) electrons. The topological polar surface area (TPSA) is 45.5 Å². The molecule has 1 N–H and O–H groups in total. The van der Waals surface area contributed by atoms with Crippen LogP contribution < -0.4 is 5.32 Å². The molecule has 0 saturated carbocycles. The maximum atomic E-state index is 12.9. The molecule has 0 spiro atoms. The first-order valence-electron chi connectivity index (χ1n) is 8.97. The average molecular weight is 428 g/mol. The van der Waals surface area contributed by atoms with Gasteiger partial charge < -0.3 is 9.73 Å². The van der Waals surface area contributed by atoms with Crippen LogP contribution in [0.15, 0.2) is 76.8 Å². The quantitative estimate of drug-likeness (QED) is 0.457. The summed E-state index contributed by atoms with van der Waals surface area (Å²) in [6.07, 6.45) is -2.96. The van der Waals surface area contributed by atoms with Crippen molar-refractivity contribution in [3.8, 4) is 11.3 Å². The Balaban J connectivity index is 1.55. The highest BCUT2D eigenvalue weighted by Crippen LogP contribution is 2.33. The Morgan fingerprint density at radius 2 is 1.80 bits per heavy atom. The maximum absolute atomic E-state index is 12.9. The number of amides is 1. The first kappa shape index (κ1) is 19.9. The van der Waals surface area contributed by atoms with Crippen LogP contribution in [0.4, 0.5) is 13.2 Å². The van der Waals surface area contributed by atoms with Gasteiger partial charge in [-0.2, -0.15) is 13.2 Å². The van der Waals surface area contributed by atoms with E-state index in [1.54, 1.807) is 12.1 Å². The normalized spacial score (nSPS) is 15.7. The molecule has 3 aromatic rings. The number of nitrogens with zero attached hydrogens (tertiary/aromatic N) is 1. The Morgan fingerprint density at radius 1 is 1.03 bits per heavy atom. The van der Waals surface area contributed by atoms with Crippen molar-refractivity contribution in [1.29, 1.82) is 0 Å². The van der Waals surface area contributed by atoms with Crippen LogP contribution in [0.2, 0.25) is 0 Å². The third kappa shape index (κ3) is 4.13. The minimum absolute atomic E-state index is 0.237. The van der Waals surface area contributed by atoms with Gasteiger partial charge in [0, 0.05) is 11.6 Å². The lowest BCUT2D eigenvalue weighted by Crippen LogP contribution is -2.29. The van der Waals surface area contributed by atoms with Crippen LogP contribution in [-0.4, -0.2) is 15.9 Å². The number of hydrogen-bond donors (Lipinski definition) is 1. The Kier molecular flexibility index (Phi) is 5.17. The summed E-state index contributed by atoms with van der Waals surface area (Å²) in [4.78, 5) is 14.1. The van der Waals surface area contributed by atoms with E-state index in [1.165, 1.54) is 23.1 Å². The van der Waals surface area contributed by atoms with Crippen molar-refractivity contribution in [2.24, 2.45) is 0 Å². The summed E-state index contributed by atoms with van der Waals surface area (Å²) in [6, 6.07) is 17.4. The van der Waals surface area contributed by atoms with Crippen LogP contribution in [0.5, 0.6) is 0 Å². The number of rotatable bonds is 4. The molecule has 1 saturated heterocycles. The fourth-order valence-corrected chi connectivity index (χ4v) is 3.32. The van der Waals surface area contributed by atoms with E-state index in [4.69, 9.17) is 16.6 Å². The van der Waals surface area contributed by atoms with Gasteiger partial charge in [0.05, 0.1) is 12.1 Å². The smallest absolute Gasteiger partial charge is 0.416 e. The third-order valence-electron chi connectivity index (χ3n) is 4.53. The van der Waals surface area contributed by atoms with Crippen molar-refractivity contribution < 1.29 is 22.4 Å². The van der Waals surface area contributed by atoms with Gasteiger partial charge in [0.2, 0.25) is 0 Å².